The molecule has 4 nitrogen and oxygen atoms in total. The number of fused-ring (bicyclic) bond motifs is 1. The number of hydrogen-bond donors (Lipinski definition) is 2. The Morgan fingerprint density at radius 1 is 1.46 bits per heavy atom. The zero-order valence-corrected chi connectivity index (χ0v) is 6.82. The predicted molar refractivity (Wildman–Crippen MR) is 49.1 cm³/mol. The zero-order chi connectivity index (χ0) is 9.26. The summed E-state index contributed by atoms with van der Waals surface area (Å²) in [6.45, 7) is 0.332. The number of nitrogens with one attached hydrogen (secondary N) is 1. The Morgan fingerprint density at radius 3 is 3.00 bits per heavy atom. The Bertz CT molecular complexity index is 385. The summed E-state index contributed by atoms with van der Waals surface area (Å²) in [5.74, 6) is -0.978. The summed E-state index contributed by atoms with van der Waals surface area (Å²) in [7, 11) is 0. The summed E-state index contributed by atoms with van der Waals surface area (Å²) in [6, 6.07) is 7.24. The van der Waals surface area contributed by atoms with Gasteiger partial charge in [-0.3, -0.25) is 4.99 Å². The second-order valence-corrected chi connectivity index (χ2v) is 2.69. The number of aliphatic carboxylic acids is 1. The fourth-order valence-corrected chi connectivity index (χ4v) is 1.32. The third-order valence-corrected chi connectivity index (χ3v) is 1.89. The molecule has 2 rings (SSSR count). The minimum Gasteiger partial charge on any atom is -0.477 e. The highest BCUT2D eigenvalue weighted by Crippen LogP contribution is 2.19. The normalized spacial score (nSPS) is 14.0. The van der Waals surface area contributed by atoms with E-state index in [2.05, 4.69) is 10.3 Å². The summed E-state index contributed by atoms with van der Waals surface area (Å²) in [6.07, 6.45) is 0. The summed E-state index contributed by atoms with van der Waals surface area (Å²) in [5.41, 5.74) is 1.62. The van der Waals surface area contributed by atoms with Crippen molar-refractivity contribution in [1.82, 2.24) is 0 Å². The second-order valence-electron chi connectivity index (χ2n) is 2.69. The van der Waals surface area contributed by atoms with Crippen LogP contribution in [0.1, 0.15) is 5.56 Å². The van der Waals surface area contributed by atoms with Gasteiger partial charge in [-0.2, -0.15) is 0 Å². The first kappa shape index (κ1) is 7.79. The molecule has 0 saturated heterocycles. The lowest BCUT2D eigenvalue weighted by atomic mass is 10.1. The first-order valence-electron chi connectivity index (χ1n) is 3.90. The van der Waals surface area contributed by atoms with E-state index in [0.717, 1.165) is 5.69 Å². The lowest BCUT2D eigenvalue weighted by Crippen LogP contribution is -2.22. The number of hydrogen-bond acceptors (Lipinski definition) is 3. The van der Waals surface area contributed by atoms with Crippen molar-refractivity contribution in [2.45, 2.75) is 0 Å². The highest BCUT2D eigenvalue weighted by atomic mass is 16.4. The highest BCUT2D eigenvalue weighted by molar-refractivity contribution is 6.44. The van der Waals surface area contributed by atoms with E-state index >= 15 is 0 Å². The zero-order valence-electron chi connectivity index (χ0n) is 6.82. The van der Waals surface area contributed by atoms with Gasteiger partial charge in [0, 0.05) is 11.3 Å². The standard InChI is InChI=1S/C9H8N2O2/c12-9(13)8-6-3-1-2-4-7(6)10-5-11-8/h1-4,10H,5H2,(H,12,13). The van der Waals surface area contributed by atoms with Gasteiger partial charge in [-0.1, -0.05) is 18.2 Å². The maximum Gasteiger partial charge on any atom is 0.354 e. The Morgan fingerprint density at radius 2 is 2.23 bits per heavy atom. The van der Waals surface area contributed by atoms with Gasteiger partial charge in [0.25, 0.3) is 0 Å². The number of carbonyl (C=O) groups is 1. The van der Waals surface area contributed by atoms with E-state index in [0.29, 0.717) is 12.2 Å². The van der Waals surface area contributed by atoms with Gasteiger partial charge in [0.15, 0.2) is 5.71 Å². The van der Waals surface area contributed by atoms with Crippen LogP contribution >= 0.6 is 0 Å². The fraction of sp³-hybridized carbons (Fsp3) is 0.111. The SMILES string of the molecule is O=C(O)C1=NCNc2ccccc21. The molecule has 0 radical (unpaired) electrons. The number of benzene rings is 1. The molecule has 1 heterocycles. The van der Waals surface area contributed by atoms with Crippen molar-refractivity contribution in [3.63, 3.8) is 0 Å². The van der Waals surface area contributed by atoms with Gasteiger partial charge in [-0.05, 0) is 6.07 Å². The van der Waals surface area contributed by atoms with Gasteiger partial charge >= 0.3 is 5.97 Å². The number of para-hydroxylation sites is 1. The minimum atomic E-state index is -0.978. The van der Waals surface area contributed by atoms with Crippen LogP contribution in [0.2, 0.25) is 0 Å². The van der Waals surface area contributed by atoms with Crippen LogP contribution in [0, 0.1) is 0 Å². The smallest absolute Gasteiger partial charge is 0.354 e. The maximum absolute atomic E-state index is 10.8. The van der Waals surface area contributed by atoms with Crippen LogP contribution < -0.4 is 5.32 Å². The van der Waals surface area contributed by atoms with Crippen molar-refractivity contribution in [3.05, 3.63) is 29.8 Å². The summed E-state index contributed by atoms with van der Waals surface area (Å²) in [5, 5.41) is 11.8. The second kappa shape index (κ2) is 2.90. The Kier molecular flexibility index (Phi) is 1.73. The number of anilines is 1. The predicted octanol–water partition coefficient (Wildman–Crippen LogP) is 0.943. The van der Waals surface area contributed by atoms with Gasteiger partial charge < -0.3 is 10.4 Å². The summed E-state index contributed by atoms with van der Waals surface area (Å²) in [4.78, 5) is 14.6. The number of carboxylic acids is 1. The first-order valence-corrected chi connectivity index (χ1v) is 3.90. The number of rotatable bonds is 1. The molecule has 1 aliphatic heterocycles. The molecule has 1 aromatic rings. The molecule has 4 heteroatoms. The van der Waals surface area contributed by atoms with Gasteiger partial charge in [-0.25, -0.2) is 4.79 Å². The van der Waals surface area contributed by atoms with Gasteiger partial charge in [0.05, 0.1) is 0 Å². The van der Waals surface area contributed by atoms with Crippen LogP contribution in [0.5, 0.6) is 0 Å². The molecule has 1 aliphatic rings. The van der Waals surface area contributed by atoms with E-state index < -0.39 is 5.97 Å². The summed E-state index contributed by atoms with van der Waals surface area (Å²) < 4.78 is 0. The molecule has 66 valence electrons. The lowest BCUT2D eigenvalue weighted by molar-refractivity contribution is -0.129. The summed E-state index contributed by atoms with van der Waals surface area (Å²) >= 11 is 0. The number of nitrogens with zero attached hydrogens (tertiary/aromatic N) is 1. The van der Waals surface area contributed by atoms with Crippen LogP contribution in [-0.2, 0) is 4.79 Å². The van der Waals surface area contributed by atoms with Gasteiger partial charge in [-0.15, -0.1) is 0 Å². The molecule has 0 spiro atoms. The Hall–Kier alpha value is -1.84. The van der Waals surface area contributed by atoms with E-state index in [4.69, 9.17) is 5.11 Å². The quantitative estimate of drug-likeness (QED) is 0.669. The van der Waals surface area contributed by atoms with Crippen LogP contribution in [-0.4, -0.2) is 23.5 Å². The van der Waals surface area contributed by atoms with Crippen molar-refractivity contribution in [2.24, 2.45) is 4.99 Å². The molecule has 1 aromatic carbocycles. The molecule has 0 atom stereocenters. The van der Waals surface area contributed by atoms with Crippen molar-refractivity contribution in [3.8, 4) is 0 Å². The minimum absolute atomic E-state index is 0.134. The van der Waals surface area contributed by atoms with Gasteiger partial charge in [0.2, 0.25) is 0 Å². The molecule has 0 unspecified atom stereocenters. The average Bonchev–Trinajstić information content (AvgIpc) is 2.17. The van der Waals surface area contributed by atoms with Crippen molar-refractivity contribution in [1.29, 1.82) is 0 Å². The molecule has 0 bridgehead atoms. The average molecular weight is 176 g/mol. The third-order valence-electron chi connectivity index (χ3n) is 1.89. The van der Waals surface area contributed by atoms with Crippen molar-refractivity contribution in [2.75, 3.05) is 12.0 Å². The molecule has 0 fully saturated rings. The van der Waals surface area contributed by atoms with E-state index in [9.17, 15) is 4.79 Å². The molecule has 0 saturated carbocycles. The van der Waals surface area contributed by atoms with E-state index in [1.165, 1.54) is 0 Å². The van der Waals surface area contributed by atoms with Crippen molar-refractivity contribution >= 4 is 17.4 Å². The molecule has 0 aliphatic carbocycles. The lowest BCUT2D eigenvalue weighted by Gasteiger charge is -2.15. The van der Waals surface area contributed by atoms with Crippen LogP contribution in [0.4, 0.5) is 5.69 Å². The topological polar surface area (TPSA) is 61.7 Å². The molecule has 0 amide bonds. The molecule has 13 heavy (non-hydrogen) atoms. The molecule has 0 aromatic heterocycles. The molecular formula is C9H8N2O2. The monoisotopic (exact) mass is 176 g/mol. The maximum atomic E-state index is 10.8. The van der Waals surface area contributed by atoms with E-state index in [1.54, 1.807) is 12.1 Å². The van der Waals surface area contributed by atoms with Crippen LogP contribution in [0.3, 0.4) is 0 Å². The third kappa shape index (κ3) is 1.26. The van der Waals surface area contributed by atoms with Gasteiger partial charge in [0.1, 0.15) is 6.67 Å². The first-order chi connectivity index (χ1) is 6.29. The number of carboxylic acid groups (broad SMARTS) is 1. The fourth-order valence-electron chi connectivity index (χ4n) is 1.32. The van der Waals surface area contributed by atoms with E-state index in [-0.39, 0.29) is 5.71 Å². The van der Waals surface area contributed by atoms with Crippen molar-refractivity contribution < 1.29 is 9.90 Å². The highest BCUT2D eigenvalue weighted by Gasteiger charge is 2.18. The molecule has 2 N–H and O–H groups in total. The Balaban J connectivity index is 2.53. The van der Waals surface area contributed by atoms with E-state index in [1.807, 2.05) is 12.1 Å². The van der Waals surface area contributed by atoms with Crippen LogP contribution in [0.15, 0.2) is 29.3 Å². The molecular weight excluding hydrogens is 168 g/mol. The van der Waals surface area contributed by atoms with Crippen LogP contribution in [0.25, 0.3) is 0 Å². The number of aliphatic imine (C=N–C) groups is 1. The largest absolute Gasteiger partial charge is 0.477 e. The Labute approximate surface area is 74.9 Å².